The Morgan fingerprint density at radius 2 is 1.69 bits per heavy atom. The highest BCUT2D eigenvalue weighted by Gasteiger charge is 2.17. The summed E-state index contributed by atoms with van der Waals surface area (Å²) in [5, 5.41) is 12.0. The van der Waals surface area contributed by atoms with E-state index in [4.69, 9.17) is 4.74 Å². The number of aromatic nitrogens is 4. The fraction of sp³-hybridized carbons (Fsp3) is 0.185. The average molecular weight is 486 g/mol. The van der Waals surface area contributed by atoms with Gasteiger partial charge in [-0.25, -0.2) is 4.39 Å². The molecule has 8 nitrogen and oxygen atoms in total. The zero-order valence-electron chi connectivity index (χ0n) is 19.6. The standard InChI is InChI=1S/C27H24FN5O3/c1-36-21-12-8-18(9-13-21)16-29-25(34)15-14-24-30-31-27-32(17-19-6-10-20(28)11-7-19)26(35)22-4-2-3-5-23(22)33(24)27/h2-13H,14-17H2,1H3,(H,29,34). The summed E-state index contributed by atoms with van der Waals surface area (Å²) in [7, 11) is 1.61. The Kier molecular flexibility index (Phi) is 6.44. The lowest BCUT2D eigenvalue weighted by Crippen LogP contribution is -2.25. The van der Waals surface area contributed by atoms with Gasteiger partial charge in [0.1, 0.15) is 17.4 Å². The molecule has 182 valence electrons. The van der Waals surface area contributed by atoms with Crippen molar-refractivity contribution in [3.63, 3.8) is 0 Å². The minimum Gasteiger partial charge on any atom is -0.497 e. The van der Waals surface area contributed by atoms with Crippen molar-refractivity contribution < 1.29 is 13.9 Å². The molecule has 5 rings (SSSR count). The third kappa shape index (κ3) is 4.68. The molecule has 0 radical (unpaired) electrons. The van der Waals surface area contributed by atoms with E-state index in [0.717, 1.165) is 16.9 Å². The fourth-order valence-corrected chi connectivity index (χ4v) is 4.15. The highest BCUT2D eigenvalue weighted by Crippen LogP contribution is 2.17. The topological polar surface area (TPSA) is 90.5 Å². The number of nitrogens with one attached hydrogen (secondary N) is 1. The number of aryl methyl sites for hydroxylation is 1. The molecule has 0 aliphatic rings. The number of carbonyl (C=O) groups is 1. The number of rotatable bonds is 8. The number of benzene rings is 3. The molecule has 0 aliphatic carbocycles. The number of carbonyl (C=O) groups excluding carboxylic acids is 1. The van der Waals surface area contributed by atoms with Crippen LogP contribution in [0.4, 0.5) is 4.39 Å². The minimum atomic E-state index is -0.343. The first kappa shape index (κ1) is 23.2. The van der Waals surface area contributed by atoms with Crippen molar-refractivity contribution in [2.24, 2.45) is 0 Å². The minimum absolute atomic E-state index is 0.119. The molecule has 0 saturated heterocycles. The molecule has 36 heavy (non-hydrogen) atoms. The van der Waals surface area contributed by atoms with Gasteiger partial charge in [-0.15, -0.1) is 10.2 Å². The van der Waals surface area contributed by atoms with Gasteiger partial charge in [0.2, 0.25) is 11.7 Å². The van der Waals surface area contributed by atoms with Crippen LogP contribution < -0.4 is 15.6 Å². The van der Waals surface area contributed by atoms with E-state index >= 15 is 0 Å². The number of hydrogen-bond acceptors (Lipinski definition) is 5. The zero-order chi connectivity index (χ0) is 25.1. The second kappa shape index (κ2) is 9.99. The number of para-hydroxylation sites is 1. The Morgan fingerprint density at radius 1 is 0.972 bits per heavy atom. The maximum absolute atomic E-state index is 13.4. The Labute approximate surface area is 206 Å². The molecule has 0 atom stereocenters. The Hall–Kier alpha value is -4.53. The molecule has 0 saturated carbocycles. The van der Waals surface area contributed by atoms with Crippen LogP contribution in [0.5, 0.6) is 5.75 Å². The van der Waals surface area contributed by atoms with Crippen LogP contribution in [0.3, 0.4) is 0 Å². The summed E-state index contributed by atoms with van der Waals surface area (Å²) in [6.45, 7) is 0.622. The average Bonchev–Trinajstić information content (AvgIpc) is 3.34. The van der Waals surface area contributed by atoms with Crippen LogP contribution in [-0.4, -0.2) is 32.2 Å². The molecule has 0 spiro atoms. The number of halogens is 1. The monoisotopic (exact) mass is 485 g/mol. The van der Waals surface area contributed by atoms with Crippen LogP contribution in [0.15, 0.2) is 77.6 Å². The SMILES string of the molecule is COc1ccc(CNC(=O)CCc2nnc3n(Cc4ccc(F)cc4)c(=O)c4ccccc4n23)cc1. The normalized spacial score (nSPS) is 11.2. The van der Waals surface area contributed by atoms with Gasteiger partial charge in [0, 0.05) is 19.4 Å². The molecule has 0 fully saturated rings. The van der Waals surface area contributed by atoms with Crippen LogP contribution in [0.25, 0.3) is 16.7 Å². The molecular weight excluding hydrogens is 461 g/mol. The third-order valence-electron chi connectivity index (χ3n) is 6.05. The van der Waals surface area contributed by atoms with Crippen LogP contribution >= 0.6 is 0 Å². The first-order valence-electron chi connectivity index (χ1n) is 11.5. The predicted molar refractivity (Wildman–Crippen MR) is 133 cm³/mol. The van der Waals surface area contributed by atoms with Crippen LogP contribution in [0.2, 0.25) is 0 Å². The van der Waals surface area contributed by atoms with Crippen molar-refractivity contribution in [3.05, 3.63) is 106 Å². The predicted octanol–water partition coefficient (Wildman–Crippen LogP) is 3.49. The number of fused-ring (bicyclic) bond motifs is 3. The van der Waals surface area contributed by atoms with Gasteiger partial charge in [-0.05, 0) is 47.5 Å². The number of hydrogen-bond donors (Lipinski definition) is 1. The van der Waals surface area contributed by atoms with Gasteiger partial charge < -0.3 is 10.1 Å². The Balaban J connectivity index is 1.40. The van der Waals surface area contributed by atoms with Crippen LogP contribution in [0.1, 0.15) is 23.4 Å². The second-order valence-electron chi connectivity index (χ2n) is 8.41. The molecule has 9 heteroatoms. The summed E-state index contributed by atoms with van der Waals surface area (Å²) < 4.78 is 21.9. The maximum atomic E-state index is 13.4. The summed E-state index contributed by atoms with van der Waals surface area (Å²) in [5.41, 5.74) is 2.19. The zero-order valence-corrected chi connectivity index (χ0v) is 19.6. The lowest BCUT2D eigenvalue weighted by Gasteiger charge is -2.12. The van der Waals surface area contributed by atoms with Gasteiger partial charge in [-0.3, -0.25) is 18.6 Å². The molecule has 3 aromatic carbocycles. The molecule has 0 aliphatic heterocycles. The summed E-state index contributed by atoms with van der Waals surface area (Å²) >= 11 is 0. The van der Waals surface area contributed by atoms with E-state index in [1.54, 1.807) is 31.4 Å². The maximum Gasteiger partial charge on any atom is 0.263 e. The summed E-state index contributed by atoms with van der Waals surface area (Å²) in [6, 6.07) is 20.7. The van der Waals surface area contributed by atoms with Crippen molar-refractivity contribution in [3.8, 4) is 5.75 Å². The van der Waals surface area contributed by atoms with E-state index in [2.05, 4.69) is 15.5 Å². The van der Waals surface area contributed by atoms with Gasteiger partial charge in [-0.2, -0.15) is 0 Å². The molecule has 2 aromatic heterocycles. The van der Waals surface area contributed by atoms with E-state index in [1.165, 1.54) is 16.7 Å². The highest BCUT2D eigenvalue weighted by molar-refractivity contribution is 5.80. The summed E-state index contributed by atoms with van der Waals surface area (Å²) in [5.74, 6) is 1.25. The lowest BCUT2D eigenvalue weighted by molar-refractivity contribution is -0.121. The number of nitrogens with zero attached hydrogens (tertiary/aromatic N) is 4. The molecule has 2 heterocycles. The molecular formula is C27H24FN5O3. The Bertz CT molecular complexity index is 1590. The van der Waals surface area contributed by atoms with Crippen molar-refractivity contribution in [1.82, 2.24) is 24.5 Å². The quantitative estimate of drug-likeness (QED) is 0.363. The first-order chi connectivity index (χ1) is 17.5. The van der Waals surface area contributed by atoms with Crippen molar-refractivity contribution in [1.29, 1.82) is 0 Å². The van der Waals surface area contributed by atoms with E-state index < -0.39 is 0 Å². The fourth-order valence-electron chi connectivity index (χ4n) is 4.15. The van der Waals surface area contributed by atoms with Gasteiger partial charge in [-0.1, -0.05) is 36.4 Å². The molecule has 1 amide bonds. The lowest BCUT2D eigenvalue weighted by atomic mass is 10.2. The third-order valence-corrected chi connectivity index (χ3v) is 6.05. The van der Waals surface area contributed by atoms with Gasteiger partial charge in [0.25, 0.3) is 5.56 Å². The highest BCUT2D eigenvalue weighted by atomic mass is 19.1. The molecule has 5 aromatic rings. The van der Waals surface area contributed by atoms with E-state index in [0.29, 0.717) is 35.5 Å². The molecule has 1 N–H and O–H groups in total. The first-order valence-corrected chi connectivity index (χ1v) is 11.5. The number of ether oxygens (including phenoxy) is 1. The van der Waals surface area contributed by atoms with E-state index in [-0.39, 0.29) is 30.2 Å². The smallest absolute Gasteiger partial charge is 0.263 e. The van der Waals surface area contributed by atoms with Crippen molar-refractivity contribution in [2.45, 2.75) is 25.9 Å². The van der Waals surface area contributed by atoms with Gasteiger partial charge in [0.05, 0.1) is 24.6 Å². The van der Waals surface area contributed by atoms with Crippen LogP contribution in [-0.2, 0) is 24.3 Å². The van der Waals surface area contributed by atoms with Crippen molar-refractivity contribution >= 4 is 22.6 Å². The Morgan fingerprint density at radius 3 is 2.44 bits per heavy atom. The van der Waals surface area contributed by atoms with Crippen LogP contribution in [0, 0.1) is 5.82 Å². The van der Waals surface area contributed by atoms with E-state index in [1.807, 2.05) is 40.8 Å². The number of amides is 1. The van der Waals surface area contributed by atoms with Crippen molar-refractivity contribution in [2.75, 3.05) is 7.11 Å². The molecule has 0 unspecified atom stereocenters. The summed E-state index contributed by atoms with van der Waals surface area (Å²) in [4.78, 5) is 25.8. The van der Waals surface area contributed by atoms with Gasteiger partial charge >= 0.3 is 0 Å². The van der Waals surface area contributed by atoms with Gasteiger partial charge in [0.15, 0.2) is 0 Å². The largest absolute Gasteiger partial charge is 0.497 e. The molecule has 0 bridgehead atoms. The second-order valence-corrected chi connectivity index (χ2v) is 8.41. The van der Waals surface area contributed by atoms with E-state index in [9.17, 15) is 14.0 Å². The number of methoxy groups -OCH3 is 1. The summed E-state index contributed by atoms with van der Waals surface area (Å²) in [6.07, 6.45) is 0.552.